The van der Waals surface area contributed by atoms with Crippen LogP contribution in [-0.2, 0) is 0 Å². The molecule has 1 aliphatic rings. The molecule has 1 aromatic rings. The minimum absolute atomic E-state index is 0.116. The molecule has 0 radical (unpaired) electrons. The lowest BCUT2D eigenvalue weighted by Gasteiger charge is -2.36. The maximum atomic E-state index is 13.8. The second-order valence-corrected chi connectivity index (χ2v) is 5.46. The van der Waals surface area contributed by atoms with Crippen LogP contribution in [-0.4, -0.2) is 45.2 Å². The van der Waals surface area contributed by atoms with E-state index >= 15 is 0 Å². The number of anilines is 1. The second kappa shape index (κ2) is 5.88. The van der Waals surface area contributed by atoms with E-state index in [4.69, 9.17) is 0 Å². The molecule has 19 heavy (non-hydrogen) atoms. The highest BCUT2D eigenvalue weighted by molar-refractivity contribution is 5.57. The number of halogens is 1. The Hall–Kier alpha value is -1.13. The maximum absolute atomic E-state index is 13.8. The summed E-state index contributed by atoms with van der Waals surface area (Å²) >= 11 is 0. The molecule has 1 aromatic carbocycles. The maximum Gasteiger partial charge on any atom is 0.126 e. The first-order valence-corrected chi connectivity index (χ1v) is 6.93. The van der Waals surface area contributed by atoms with Crippen molar-refractivity contribution in [2.45, 2.75) is 19.9 Å². The zero-order chi connectivity index (χ0) is 14.0. The van der Waals surface area contributed by atoms with Gasteiger partial charge >= 0.3 is 0 Å². The molecule has 0 aliphatic carbocycles. The van der Waals surface area contributed by atoms with Gasteiger partial charge in [-0.2, -0.15) is 0 Å². The molecular weight excluding hydrogens is 241 g/mol. The quantitative estimate of drug-likeness (QED) is 0.903. The van der Waals surface area contributed by atoms with Crippen LogP contribution in [0.3, 0.4) is 0 Å². The molecule has 2 rings (SSSR count). The van der Waals surface area contributed by atoms with Crippen LogP contribution in [0, 0.1) is 12.7 Å². The van der Waals surface area contributed by atoms with Crippen LogP contribution in [0.15, 0.2) is 12.1 Å². The Morgan fingerprint density at radius 3 is 2.42 bits per heavy atom. The van der Waals surface area contributed by atoms with Crippen molar-refractivity contribution in [3.8, 4) is 0 Å². The molecule has 1 fully saturated rings. The van der Waals surface area contributed by atoms with Gasteiger partial charge in [0.25, 0.3) is 0 Å². The van der Waals surface area contributed by atoms with Gasteiger partial charge in [-0.15, -0.1) is 0 Å². The van der Waals surface area contributed by atoms with E-state index in [1.807, 2.05) is 20.0 Å². The van der Waals surface area contributed by atoms with E-state index < -0.39 is 0 Å². The standard InChI is InChI=1S/C15H24FN3/c1-11-9-15(19-7-5-18(4)6-8-19)13(10-14(11)16)12(2)17-3/h9-10,12,17H,5-8H2,1-4H3. The lowest BCUT2D eigenvalue weighted by Crippen LogP contribution is -2.45. The molecule has 1 aliphatic heterocycles. The molecule has 1 saturated heterocycles. The van der Waals surface area contributed by atoms with E-state index in [1.54, 1.807) is 6.07 Å². The second-order valence-electron chi connectivity index (χ2n) is 5.46. The van der Waals surface area contributed by atoms with Crippen molar-refractivity contribution in [3.63, 3.8) is 0 Å². The Kier molecular flexibility index (Phi) is 4.42. The summed E-state index contributed by atoms with van der Waals surface area (Å²) in [6.45, 7) is 8.04. The van der Waals surface area contributed by atoms with Crippen molar-refractivity contribution in [1.82, 2.24) is 10.2 Å². The average molecular weight is 265 g/mol. The average Bonchev–Trinajstić information content (AvgIpc) is 2.41. The summed E-state index contributed by atoms with van der Waals surface area (Å²) in [5.74, 6) is -0.116. The van der Waals surface area contributed by atoms with Gasteiger partial charge in [-0.1, -0.05) is 0 Å². The molecule has 106 valence electrons. The smallest absolute Gasteiger partial charge is 0.126 e. The van der Waals surface area contributed by atoms with Gasteiger partial charge in [0.2, 0.25) is 0 Å². The molecule has 4 heteroatoms. The van der Waals surface area contributed by atoms with E-state index in [-0.39, 0.29) is 11.9 Å². The summed E-state index contributed by atoms with van der Waals surface area (Å²) in [5, 5.41) is 3.21. The number of rotatable bonds is 3. The highest BCUT2D eigenvalue weighted by Crippen LogP contribution is 2.29. The monoisotopic (exact) mass is 265 g/mol. The molecule has 3 nitrogen and oxygen atoms in total. The molecule has 1 atom stereocenters. The summed E-state index contributed by atoms with van der Waals surface area (Å²) in [7, 11) is 4.06. The molecule has 0 aromatic heterocycles. The summed E-state index contributed by atoms with van der Waals surface area (Å²) in [6.07, 6.45) is 0. The van der Waals surface area contributed by atoms with Crippen molar-refractivity contribution >= 4 is 5.69 Å². The van der Waals surface area contributed by atoms with Crippen LogP contribution in [0.5, 0.6) is 0 Å². The van der Waals surface area contributed by atoms with Crippen LogP contribution in [0.2, 0.25) is 0 Å². The van der Waals surface area contributed by atoms with Crippen molar-refractivity contribution in [2.75, 3.05) is 45.2 Å². The number of hydrogen-bond donors (Lipinski definition) is 1. The molecule has 0 saturated carbocycles. The van der Waals surface area contributed by atoms with Gasteiger partial charge in [0.05, 0.1) is 0 Å². The topological polar surface area (TPSA) is 18.5 Å². The van der Waals surface area contributed by atoms with Crippen LogP contribution < -0.4 is 10.2 Å². The predicted molar refractivity (Wildman–Crippen MR) is 78.3 cm³/mol. The summed E-state index contributed by atoms with van der Waals surface area (Å²) in [4.78, 5) is 4.70. The van der Waals surface area contributed by atoms with Crippen LogP contribution in [0.4, 0.5) is 10.1 Å². The molecule has 0 bridgehead atoms. The highest BCUT2D eigenvalue weighted by atomic mass is 19.1. The number of piperazine rings is 1. The largest absolute Gasteiger partial charge is 0.369 e. The zero-order valence-corrected chi connectivity index (χ0v) is 12.3. The summed E-state index contributed by atoms with van der Waals surface area (Å²) < 4.78 is 13.8. The van der Waals surface area contributed by atoms with Crippen LogP contribution >= 0.6 is 0 Å². The van der Waals surface area contributed by atoms with Gasteiger partial charge in [-0.05, 0) is 51.2 Å². The van der Waals surface area contributed by atoms with Crippen molar-refractivity contribution in [1.29, 1.82) is 0 Å². The minimum Gasteiger partial charge on any atom is -0.369 e. The third-order valence-electron chi connectivity index (χ3n) is 4.05. The number of aryl methyl sites for hydroxylation is 1. The van der Waals surface area contributed by atoms with E-state index in [2.05, 4.69) is 29.1 Å². The van der Waals surface area contributed by atoms with Crippen LogP contribution in [0.25, 0.3) is 0 Å². The number of nitrogens with one attached hydrogen (secondary N) is 1. The van der Waals surface area contributed by atoms with E-state index in [0.717, 1.165) is 37.3 Å². The molecule has 1 heterocycles. The van der Waals surface area contributed by atoms with Crippen molar-refractivity contribution in [3.05, 3.63) is 29.1 Å². The van der Waals surface area contributed by atoms with Crippen LogP contribution in [0.1, 0.15) is 24.1 Å². The third-order valence-corrected chi connectivity index (χ3v) is 4.05. The lowest BCUT2D eigenvalue weighted by molar-refractivity contribution is 0.312. The fourth-order valence-electron chi connectivity index (χ4n) is 2.51. The first-order valence-electron chi connectivity index (χ1n) is 6.93. The van der Waals surface area contributed by atoms with Gasteiger partial charge in [-0.25, -0.2) is 4.39 Å². The van der Waals surface area contributed by atoms with Gasteiger partial charge in [0, 0.05) is 37.9 Å². The van der Waals surface area contributed by atoms with Gasteiger partial charge in [0.1, 0.15) is 5.82 Å². The van der Waals surface area contributed by atoms with Gasteiger partial charge < -0.3 is 15.1 Å². The molecule has 0 spiro atoms. The van der Waals surface area contributed by atoms with E-state index in [0.29, 0.717) is 0 Å². The third kappa shape index (κ3) is 3.07. The molecule has 0 amide bonds. The van der Waals surface area contributed by atoms with E-state index in [1.165, 1.54) is 5.69 Å². The number of benzene rings is 1. The number of nitrogens with zero attached hydrogens (tertiary/aromatic N) is 2. The lowest BCUT2D eigenvalue weighted by atomic mass is 10.0. The SMILES string of the molecule is CNC(C)c1cc(F)c(C)cc1N1CCN(C)CC1. The number of likely N-dealkylation sites (N-methyl/N-ethyl adjacent to an activating group) is 1. The fraction of sp³-hybridized carbons (Fsp3) is 0.600. The zero-order valence-electron chi connectivity index (χ0n) is 12.3. The van der Waals surface area contributed by atoms with Crippen molar-refractivity contribution < 1.29 is 4.39 Å². The van der Waals surface area contributed by atoms with E-state index in [9.17, 15) is 4.39 Å². The molecule has 1 unspecified atom stereocenters. The Bertz CT molecular complexity index is 439. The normalized spacial score (nSPS) is 18.7. The summed E-state index contributed by atoms with van der Waals surface area (Å²) in [6, 6.07) is 3.83. The summed E-state index contributed by atoms with van der Waals surface area (Å²) in [5.41, 5.74) is 2.95. The Labute approximate surface area is 115 Å². The fourth-order valence-corrected chi connectivity index (χ4v) is 2.51. The molecule has 1 N–H and O–H groups in total. The molecular formula is C15H24FN3. The first-order chi connectivity index (χ1) is 9.02. The highest BCUT2D eigenvalue weighted by Gasteiger charge is 2.20. The van der Waals surface area contributed by atoms with Gasteiger partial charge in [0.15, 0.2) is 0 Å². The Morgan fingerprint density at radius 2 is 1.84 bits per heavy atom. The Morgan fingerprint density at radius 1 is 1.21 bits per heavy atom. The number of hydrogen-bond acceptors (Lipinski definition) is 3. The first kappa shape index (κ1) is 14.3. The van der Waals surface area contributed by atoms with Gasteiger partial charge in [-0.3, -0.25) is 0 Å². The Balaban J connectivity index is 2.34. The van der Waals surface area contributed by atoms with Crippen molar-refractivity contribution in [2.24, 2.45) is 0 Å². The predicted octanol–water partition coefficient (Wildman–Crippen LogP) is 2.17. The minimum atomic E-state index is -0.116.